The summed E-state index contributed by atoms with van der Waals surface area (Å²) in [5.41, 5.74) is 3.29. The molecule has 0 unspecified atom stereocenters. The Morgan fingerprint density at radius 3 is 2.41 bits per heavy atom. The van der Waals surface area contributed by atoms with Crippen molar-refractivity contribution in [3.63, 3.8) is 0 Å². The normalized spacial score (nSPS) is 11.6. The fourth-order valence-electron chi connectivity index (χ4n) is 2.71. The number of rotatable bonds is 6. The highest BCUT2D eigenvalue weighted by Crippen LogP contribution is 2.39. The Labute approximate surface area is 166 Å². The van der Waals surface area contributed by atoms with Crippen molar-refractivity contribution in [3.05, 3.63) is 90.0 Å². The van der Waals surface area contributed by atoms with E-state index in [0.29, 0.717) is 16.8 Å². The van der Waals surface area contributed by atoms with Gasteiger partial charge >= 0.3 is 7.60 Å². The lowest BCUT2D eigenvalue weighted by Crippen LogP contribution is -2.07. The van der Waals surface area contributed by atoms with E-state index in [1.807, 2.05) is 0 Å². The van der Waals surface area contributed by atoms with Gasteiger partial charge in [0, 0.05) is 29.7 Å². The monoisotopic (exact) mass is 412 g/mol. The van der Waals surface area contributed by atoms with Crippen molar-refractivity contribution in [2.24, 2.45) is 0 Å². The van der Waals surface area contributed by atoms with E-state index in [2.05, 4.69) is 10.3 Å². The minimum atomic E-state index is -4.13. The van der Waals surface area contributed by atoms with Crippen molar-refractivity contribution in [1.82, 2.24) is 4.98 Å². The largest absolute Gasteiger partial charge is 0.329 e. The van der Waals surface area contributed by atoms with E-state index in [9.17, 15) is 13.8 Å². The fraction of sp³-hybridized carbons (Fsp3) is 0.0476. The highest BCUT2D eigenvalue weighted by molar-refractivity contribution is 7.50. The molecule has 0 aliphatic rings. The van der Waals surface area contributed by atoms with Crippen LogP contribution in [0.2, 0.25) is 0 Å². The summed E-state index contributed by atoms with van der Waals surface area (Å²) >= 11 is 0. The van der Waals surface area contributed by atoms with Crippen LogP contribution in [0.4, 0.5) is 10.1 Å². The minimum Gasteiger partial charge on any atom is -0.324 e. The second-order valence-corrected chi connectivity index (χ2v) is 7.96. The number of nitrogens with zero attached hydrogens (tertiary/aromatic N) is 1. The van der Waals surface area contributed by atoms with Gasteiger partial charge in [0.1, 0.15) is 5.82 Å². The van der Waals surface area contributed by atoms with Crippen LogP contribution in [0.1, 0.15) is 11.1 Å². The molecule has 0 radical (unpaired) electrons. The standard InChI is InChI=1S/C21H18FN2O4P/c22-18-6-3-16(4-7-18)20-11-12-23-13-17(20)5-10-21(25)24-19-8-1-15(2-9-19)14-29(26,27)28/h1-13H,14H2,(H,24,25)(H2,26,27,28). The molecule has 0 atom stereocenters. The van der Waals surface area contributed by atoms with Gasteiger partial charge in [-0.15, -0.1) is 0 Å². The van der Waals surface area contributed by atoms with Gasteiger partial charge in [0.2, 0.25) is 5.91 Å². The quantitative estimate of drug-likeness (QED) is 0.416. The molecule has 0 bridgehead atoms. The molecule has 0 spiro atoms. The molecule has 1 amide bonds. The summed E-state index contributed by atoms with van der Waals surface area (Å²) in [6.45, 7) is 0. The molecule has 3 N–H and O–H groups in total. The summed E-state index contributed by atoms with van der Waals surface area (Å²) in [6, 6.07) is 14.1. The van der Waals surface area contributed by atoms with Gasteiger partial charge in [-0.1, -0.05) is 24.3 Å². The van der Waals surface area contributed by atoms with Crippen LogP contribution in [0.15, 0.2) is 73.1 Å². The van der Waals surface area contributed by atoms with Crippen molar-refractivity contribution in [3.8, 4) is 11.1 Å². The topological polar surface area (TPSA) is 99.5 Å². The second kappa shape index (κ2) is 8.92. The number of carbonyl (C=O) groups excluding carboxylic acids is 1. The highest BCUT2D eigenvalue weighted by Gasteiger charge is 2.13. The number of benzene rings is 2. The lowest BCUT2D eigenvalue weighted by Gasteiger charge is -2.07. The third kappa shape index (κ3) is 6.19. The Morgan fingerprint density at radius 1 is 1.07 bits per heavy atom. The zero-order valence-electron chi connectivity index (χ0n) is 15.2. The zero-order valence-corrected chi connectivity index (χ0v) is 16.1. The molecule has 3 aromatic rings. The van der Waals surface area contributed by atoms with E-state index in [1.165, 1.54) is 18.2 Å². The van der Waals surface area contributed by atoms with Crippen molar-refractivity contribution < 1.29 is 23.5 Å². The molecule has 29 heavy (non-hydrogen) atoms. The smallest absolute Gasteiger partial charge is 0.324 e. The molecule has 0 aliphatic heterocycles. The SMILES string of the molecule is O=C(C=Cc1cnccc1-c1ccc(F)cc1)Nc1ccc(CP(=O)(O)O)cc1. The van der Waals surface area contributed by atoms with Gasteiger partial charge in [-0.3, -0.25) is 14.3 Å². The maximum absolute atomic E-state index is 13.2. The van der Waals surface area contributed by atoms with Gasteiger partial charge in [0.25, 0.3) is 0 Å². The number of hydrogen-bond acceptors (Lipinski definition) is 3. The first-order valence-corrected chi connectivity index (χ1v) is 10.4. The number of nitrogens with one attached hydrogen (secondary N) is 1. The Morgan fingerprint density at radius 2 is 1.76 bits per heavy atom. The first-order valence-electron chi connectivity index (χ1n) is 8.63. The molecule has 0 saturated heterocycles. The van der Waals surface area contributed by atoms with Gasteiger partial charge in [-0.2, -0.15) is 0 Å². The Bertz CT molecular complexity index is 1080. The first kappa shape index (κ1) is 20.6. The fourth-order valence-corrected chi connectivity index (χ4v) is 3.40. The minimum absolute atomic E-state index is 0.328. The third-order valence-corrected chi connectivity index (χ3v) is 4.81. The van der Waals surface area contributed by atoms with Gasteiger partial charge in [-0.05, 0) is 53.1 Å². The summed E-state index contributed by atoms with van der Waals surface area (Å²) < 4.78 is 24.2. The number of halogens is 1. The van der Waals surface area contributed by atoms with Gasteiger partial charge < -0.3 is 15.1 Å². The molecule has 0 saturated carbocycles. The predicted molar refractivity (Wildman–Crippen MR) is 109 cm³/mol. The van der Waals surface area contributed by atoms with Gasteiger partial charge in [0.05, 0.1) is 6.16 Å². The maximum Gasteiger partial charge on any atom is 0.329 e. The Hall–Kier alpha value is -3.12. The second-order valence-electron chi connectivity index (χ2n) is 6.31. The molecular formula is C21H18FN2O4P. The molecule has 6 nitrogen and oxygen atoms in total. The van der Waals surface area contributed by atoms with Crippen LogP contribution in [-0.2, 0) is 15.5 Å². The van der Waals surface area contributed by atoms with E-state index in [1.54, 1.807) is 60.9 Å². The van der Waals surface area contributed by atoms with Crippen molar-refractivity contribution in [1.29, 1.82) is 0 Å². The van der Waals surface area contributed by atoms with Crippen LogP contribution in [0.25, 0.3) is 17.2 Å². The molecule has 8 heteroatoms. The molecule has 0 aliphatic carbocycles. The van der Waals surface area contributed by atoms with Gasteiger partial charge in [-0.25, -0.2) is 4.39 Å². The number of anilines is 1. The summed E-state index contributed by atoms with van der Waals surface area (Å²) in [6.07, 6.45) is 5.85. The van der Waals surface area contributed by atoms with E-state index >= 15 is 0 Å². The maximum atomic E-state index is 13.2. The third-order valence-electron chi connectivity index (χ3n) is 4.03. The van der Waals surface area contributed by atoms with Crippen molar-refractivity contribution >= 4 is 25.3 Å². The number of amides is 1. The number of pyridine rings is 1. The molecule has 0 fully saturated rings. The van der Waals surface area contributed by atoms with Crippen LogP contribution in [0.5, 0.6) is 0 Å². The average Bonchev–Trinajstić information content (AvgIpc) is 2.68. The molecule has 1 aromatic heterocycles. The zero-order chi connectivity index (χ0) is 20.9. The lowest BCUT2D eigenvalue weighted by molar-refractivity contribution is -0.111. The highest BCUT2D eigenvalue weighted by atomic mass is 31.2. The summed E-state index contributed by atoms with van der Waals surface area (Å²) in [4.78, 5) is 34.2. The van der Waals surface area contributed by atoms with Crippen LogP contribution in [0.3, 0.4) is 0 Å². The van der Waals surface area contributed by atoms with E-state index < -0.39 is 7.60 Å². The molecule has 3 rings (SSSR count). The molecule has 2 aromatic carbocycles. The molecule has 148 valence electrons. The van der Waals surface area contributed by atoms with E-state index in [4.69, 9.17) is 9.79 Å². The van der Waals surface area contributed by atoms with Crippen LogP contribution >= 0.6 is 7.60 Å². The summed E-state index contributed by atoms with van der Waals surface area (Å²) in [5.74, 6) is -0.701. The molecular weight excluding hydrogens is 394 g/mol. The Balaban J connectivity index is 1.70. The van der Waals surface area contributed by atoms with E-state index in [-0.39, 0.29) is 17.9 Å². The van der Waals surface area contributed by atoms with E-state index in [0.717, 1.165) is 11.1 Å². The predicted octanol–water partition coefficient (Wildman–Crippen LogP) is 4.22. The van der Waals surface area contributed by atoms with Crippen molar-refractivity contribution in [2.45, 2.75) is 6.16 Å². The molecule has 1 heterocycles. The average molecular weight is 412 g/mol. The Kier molecular flexibility index (Phi) is 6.34. The van der Waals surface area contributed by atoms with Crippen LogP contribution in [-0.4, -0.2) is 20.7 Å². The lowest BCUT2D eigenvalue weighted by atomic mass is 10.0. The van der Waals surface area contributed by atoms with Crippen LogP contribution < -0.4 is 5.32 Å². The number of hydrogen-bond donors (Lipinski definition) is 3. The number of aromatic nitrogens is 1. The van der Waals surface area contributed by atoms with Crippen LogP contribution in [0, 0.1) is 5.82 Å². The number of carbonyl (C=O) groups is 1. The van der Waals surface area contributed by atoms with Crippen molar-refractivity contribution in [2.75, 3.05) is 5.32 Å². The van der Waals surface area contributed by atoms with Gasteiger partial charge in [0.15, 0.2) is 0 Å². The first-order chi connectivity index (χ1) is 13.8. The summed E-state index contributed by atoms with van der Waals surface area (Å²) in [5, 5.41) is 2.68. The summed E-state index contributed by atoms with van der Waals surface area (Å²) in [7, 11) is -4.13.